The fourth-order valence-corrected chi connectivity index (χ4v) is 3.05. The van der Waals surface area contributed by atoms with Gasteiger partial charge in [-0.3, -0.25) is 19.8 Å². The third kappa shape index (κ3) is 5.05. The summed E-state index contributed by atoms with van der Waals surface area (Å²) in [7, 11) is 0. The Bertz CT molecular complexity index is 950. The minimum absolute atomic E-state index is 0.300. The van der Waals surface area contributed by atoms with Gasteiger partial charge in [0, 0.05) is 30.3 Å². The molecule has 7 nitrogen and oxygen atoms in total. The fraction of sp³-hybridized carbons (Fsp3) is 0.190. The van der Waals surface area contributed by atoms with Gasteiger partial charge in [0.2, 0.25) is 5.91 Å². The first kappa shape index (κ1) is 19.3. The summed E-state index contributed by atoms with van der Waals surface area (Å²) in [6, 6.07) is 13.6. The number of hydrogen-bond acceptors (Lipinski definition) is 5. The SMILES string of the molecule is NC(=O)CCc1ccc2c(c1)CC(CNc1ccccc1/C=C/C(=O)NO)=N2. The minimum Gasteiger partial charge on any atom is -0.379 e. The molecule has 0 atom stereocenters. The van der Waals surface area contributed by atoms with E-state index in [9.17, 15) is 9.59 Å². The highest BCUT2D eigenvalue weighted by atomic mass is 16.5. The molecule has 0 saturated carbocycles. The van der Waals surface area contributed by atoms with E-state index in [1.165, 1.54) is 6.08 Å². The maximum atomic E-state index is 11.2. The Hall–Kier alpha value is -3.45. The molecule has 5 N–H and O–H groups in total. The number of amides is 2. The molecule has 7 heteroatoms. The predicted octanol–water partition coefficient (Wildman–Crippen LogP) is 2.36. The Morgan fingerprint density at radius 2 is 2.04 bits per heavy atom. The maximum Gasteiger partial charge on any atom is 0.267 e. The summed E-state index contributed by atoms with van der Waals surface area (Å²) in [6.45, 7) is 0.572. The van der Waals surface area contributed by atoms with E-state index in [-0.39, 0.29) is 5.91 Å². The van der Waals surface area contributed by atoms with Gasteiger partial charge in [-0.1, -0.05) is 30.3 Å². The number of benzene rings is 2. The molecule has 3 rings (SSSR count). The first-order chi connectivity index (χ1) is 13.5. The number of hydrogen-bond donors (Lipinski definition) is 4. The number of para-hydroxylation sites is 1. The van der Waals surface area contributed by atoms with Crippen molar-refractivity contribution in [2.24, 2.45) is 10.7 Å². The molecule has 0 radical (unpaired) electrons. The minimum atomic E-state index is -0.586. The van der Waals surface area contributed by atoms with Gasteiger partial charge in [0.15, 0.2) is 0 Å². The molecule has 0 fully saturated rings. The van der Waals surface area contributed by atoms with Crippen molar-refractivity contribution >= 4 is 35.0 Å². The molecule has 0 spiro atoms. The molecule has 1 aliphatic heterocycles. The second-order valence-electron chi connectivity index (χ2n) is 6.53. The van der Waals surface area contributed by atoms with Crippen LogP contribution in [0.2, 0.25) is 0 Å². The van der Waals surface area contributed by atoms with E-state index in [4.69, 9.17) is 10.9 Å². The molecule has 28 heavy (non-hydrogen) atoms. The molecule has 0 saturated heterocycles. The zero-order chi connectivity index (χ0) is 19.9. The van der Waals surface area contributed by atoms with E-state index in [0.717, 1.165) is 40.2 Å². The van der Waals surface area contributed by atoms with Gasteiger partial charge in [0.1, 0.15) is 0 Å². The van der Waals surface area contributed by atoms with Gasteiger partial charge in [-0.05, 0) is 41.3 Å². The van der Waals surface area contributed by atoms with Crippen molar-refractivity contribution in [3.63, 3.8) is 0 Å². The number of aryl methyl sites for hydroxylation is 1. The summed E-state index contributed by atoms with van der Waals surface area (Å²) >= 11 is 0. The fourth-order valence-electron chi connectivity index (χ4n) is 3.05. The van der Waals surface area contributed by atoms with Crippen molar-refractivity contribution in [1.29, 1.82) is 0 Å². The van der Waals surface area contributed by atoms with Crippen LogP contribution < -0.4 is 16.5 Å². The number of primary amides is 1. The van der Waals surface area contributed by atoms with Crippen molar-refractivity contribution in [2.75, 3.05) is 11.9 Å². The first-order valence-electron chi connectivity index (χ1n) is 8.97. The highest BCUT2D eigenvalue weighted by Gasteiger charge is 2.15. The summed E-state index contributed by atoms with van der Waals surface area (Å²) in [4.78, 5) is 26.8. The van der Waals surface area contributed by atoms with Crippen LogP contribution >= 0.6 is 0 Å². The topological polar surface area (TPSA) is 117 Å². The lowest BCUT2D eigenvalue weighted by Crippen LogP contribution is -2.15. The molecular formula is C21H22N4O3. The summed E-state index contributed by atoms with van der Waals surface area (Å²) < 4.78 is 0. The molecule has 0 aliphatic carbocycles. The van der Waals surface area contributed by atoms with Crippen LogP contribution in [0.15, 0.2) is 53.5 Å². The molecule has 2 aromatic rings. The van der Waals surface area contributed by atoms with E-state index < -0.39 is 5.91 Å². The maximum absolute atomic E-state index is 11.2. The van der Waals surface area contributed by atoms with E-state index in [2.05, 4.69) is 16.4 Å². The lowest BCUT2D eigenvalue weighted by Gasteiger charge is -2.09. The lowest BCUT2D eigenvalue weighted by molar-refractivity contribution is -0.124. The third-order valence-corrected chi connectivity index (χ3v) is 4.45. The summed E-state index contributed by atoms with van der Waals surface area (Å²) in [5.74, 6) is -0.886. The monoisotopic (exact) mass is 378 g/mol. The summed E-state index contributed by atoms with van der Waals surface area (Å²) in [5, 5.41) is 11.9. The number of rotatable bonds is 8. The van der Waals surface area contributed by atoms with E-state index in [0.29, 0.717) is 19.4 Å². The van der Waals surface area contributed by atoms with Gasteiger partial charge in [-0.15, -0.1) is 0 Å². The van der Waals surface area contributed by atoms with Gasteiger partial charge in [-0.25, -0.2) is 5.48 Å². The second-order valence-corrected chi connectivity index (χ2v) is 6.53. The Labute approximate surface area is 162 Å². The average Bonchev–Trinajstić information content (AvgIpc) is 3.11. The summed E-state index contributed by atoms with van der Waals surface area (Å²) in [6.07, 6.45) is 4.61. The third-order valence-electron chi connectivity index (χ3n) is 4.45. The zero-order valence-corrected chi connectivity index (χ0v) is 15.3. The van der Waals surface area contributed by atoms with E-state index in [1.54, 1.807) is 11.6 Å². The highest BCUT2D eigenvalue weighted by Crippen LogP contribution is 2.28. The van der Waals surface area contributed by atoms with E-state index >= 15 is 0 Å². The van der Waals surface area contributed by atoms with Crippen molar-refractivity contribution in [1.82, 2.24) is 5.48 Å². The quantitative estimate of drug-likeness (QED) is 0.320. The molecule has 0 aromatic heterocycles. The first-order valence-corrected chi connectivity index (χ1v) is 8.97. The van der Waals surface area contributed by atoms with Gasteiger partial charge in [0.25, 0.3) is 5.91 Å². The molecule has 1 heterocycles. The van der Waals surface area contributed by atoms with Crippen LogP contribution in [-0.4, -0.2) is 29.3 Å². The Morgan fingerprint density at radius 3 is 2.82 bits per heavy atom. The predicted molar refractivity (Wildman–Crippen MR) is 109 cm³/mol. The number of carbonyl (C=O) groups is 2. The van der Waals surface area contributed by atoms with E-state index in [1.807, 2.05) is 36.4 Å². The molecular weight excluding hydrogens is 356 g/mol. The molecule has 1 aliphatic rings. The smallest absolute Gasteiger partial charge is 0.267 e. The normalized spacial score (nSPS) is 12.5. The Balaban J connectivity index is 1.62. The number of nitrogens with zero attached hydrogens (tertiary/aromatic N) is 1. The Kier molecular flexibility index (Phi) is 6.18. The van der Waals surface area contributed by atoms with Gasteiger partial charge in [-0.2, -0.15) is 0 Å². The van der Waals surface area contributed by atoms with Crippen LogP contribution in [0, 0.1) is 0 Å². The average molecular weight is 378 g/mol. The number of fused-ring (bicyclic) bond motifs is 1. The zero-order valence-electron chi connectivity index (χ0n) is 15.3. The van der Waals surface area contributed by atoms with Crippen LogP contribution in [-0.2, 0) is 22.4 Å². The summed E-state index contributed by atoms with van der Waals surface area (Å²) in [5.41, 5.74) is 12.7. The van der Waals surface area contributed by atoms with Crippen LogP contribution in [0.1, 0.15) is 23.1 Å². The number of hydroxylamine groups is 1. The standard InChI is InChI=1S/C21H22N4O3/c22-20(26)9-6-14-5-8-19-16(11-14)12-17(24-19)13-23-18-4-2-1-3-15(18)7-10-21(27)25-28/h1-5,7-8,10-11,23,28H,6,9,12-13H2,(H2,22,26)(H,25,27)/b10-7+. The number of aliphatic imine (C=N–C) groups is 1. The van der Waals surface area contributed by atoms with Crippen molar-refractivity contribution in [3.05, 3.63) is 65.2 Å². The van der Waals surface area contributed by atoms with Crippen LogP contribution in [0.25, 0.3) is 6.08 Å². The second kappa shape index (κ2) is 8.96. The van der Waals surface area contributed by atoms with Crippen molar-refractivity contribution in [3.8, 4) is 0 Å². The molecule has 2 aromatic carbocycles. The highest BCUT2D eigenvalue weighted by molar-refractivity contribution is 5.97. The van der Waals surface area contributed by atoms with Gasteiger partial charge in [0.05, 0.1) is 12.2 Å². The van der Waals surface area contributed by atoms with Gasteiger partial charge >= 0.3 is 0 Å². The lowest BCUT2D eigenvalue weighted by atomic mass is 10.0. The number of anilines is 1. The van der Waals surface area contributed by atoms with Crippen molar-refractivity contribution < 1.29 is 14.8 Å². The molecule has 144 valence electrons. The Morgan fingerprint density at radius 1 is 1.21 bits per heavy atom. The number of nitrogens with two attached hydrogens (primary N) is 1. The number of nitrogens with one attached hydrogen (secondary N) is 2. The molecule has 0 bridgehead atoms. The van der Waals surface area contributed by atoms with Crippen LogP contribution in [0.5, 0.6) is 0 Å². The largest absolute Gasteiger partial charge is 0.379 e. The molecule has 2 amide bonds. The van der Waals surface area contributed by atoms with Crippen LogP contribution in [0.4, 0.5) is 11.4 Å². The number of carbonyl (C=O) groups excluding carboxylic acids is 2. The van der Waals surface area contributed by atoms with Crippen LogP contribution in [0.3, 0.4) is 0 Å². The van der Waals surface area contributed by atoms with Crippen molar-refractivity contribution in [2.45, 2.75) is 19.3 Å². The van der Waals surface area contributed by atoms with Gasteiger partial charge < -0.3 is 11.1 Å². The molecule has 0 unspecified atom stereocenters.